The molecule has 8 heteroatoms. The van der Waals surface area contributed by atoms with Crippen LogP contribution in [0.3, 0.4) is 0 Å². The molecule has 3 N–H and O–H groups in total. The number of aromatic carboxylic acids is 1. The molecule has 0 saturated carbocycles. The molecule has 7 nitrogen and oxygen atoms in total. The number of carbonyl (C=O) groups excluding carboxylic acids is 2. The average molecular weight is 308 g/mol. The normalized spacial score (nSPS) is 10.1. The molecule has 0 radical (unpaired) electrons. The van der Waals surface area contributed by atoms with Crippen LogP contribution in [-0.4, -0.2) is 29.4 Å². The van der Waals surface area contributed by atoms with Crippen LogP contribution >= 0.6 is 11.3 Å². The maximum absolute atomic E-state index is 11.6. The summed E-state index contributed by atoms with van der Waals surface area (Å²) in [6, 6.07) is 6.06. The number of nitrogens with one attached hydrogen (secondary N) is 2. The summed E-state index contributed by atoms with van der Waals surface area (Å²) in [6.45, 7) is 0.155. The zero-order chi connectivity index (χ0) is 15.2. The van der Waals surface area contributed by atoms with Gasteiger partial charge >= 0.3 is 5.97 Å². The number of thiophene rings is 1. The zero-order valence-corrected chi connectivity index (χ0v) is 11.6. The van der Waals surface area contributed by atoms with Gasteiger partial charge in [-0.3, -0.25) is 9.59 Å². The highest BCUT2D eigenvalue weighted by Crippen LogP contribution is 2.21. The summed E-state index contributed by atoms with van der Waals surface area (Å²) in [5, 5.41) is 14.3. The average Bonchev–Trinajstić information content (AvgIpc) is 3.09. The maximum atomic E-state index is 11.6. The van der Waals surface area contributed by atoms with Gasteiger partial charge in [0.05, 0.1) is 11.3 Å². The van der Waals surface area contributed by atoms with Gasteiger partial charge in [-0.05, 0) is 24.3 Å². The van der Waals surface area contributed by atoms with Gasteiger partial charge in [0.15, 0.2) is 5.76 Å². The van der Waals surface area contributed by atoms with Crippen molar-refractivity contribution < 1.29 is 23.9 Å². The number of anilines is 1. The smallest absolute Gasteiger partial charge is 0.345 e. The van der Waals surface area contributed by atoms with Gasteiger partial charge in [-0.1, -0.05) is 0 Å². The van der Waals surface area contributed by atoms with Crippen molar-refractivity contribution >= 4 is 34.1 Å². The highest BCUT2D eigenvalue weighted by atomic mass is 32.1. The second kappa shape index (κ2) is 6.71. The lowest BCUT2D eigenvalue weighted by molar-refractivity contribution is -0.116. The van der Waals surface area contributed by atoms with Crippen LogP contribution in [0.4, 0.5) is 5.00 Å². The van der Waals surface area contributed by atoms with Gasteiger partial charge in [0.25, 0.3) is 5.91 Å². The number of furan rings is 1. The Hall–Kier alpha value is -2.61. The van der Waals surface area contributed by atoms with Crippen molar-refractivity contribution in [1.29, 1.82) is 0 Å². The van der Waals surface area contributed by atoms with E-state index in [2.05, 4.69) is 10.6 Å². The number of hydrogen-bond donors (Lipinski definition) is 3. The van der Waals surface area contributed by atoms with E-state index in [9.17, 15) is 14.4 Å². The van der Waals surface area contributed by atoms with Crippen molar-refractivity contribution in [1.82, 2.24) is 5.32 Å². The first kappa shape index (κ1) is 14.8. The standard InChI is InChI=1S/C13H12N2O5S/c16-10(15-11-4-3-9(21-11)13(18)19)5-6-14-12(17)8-2-1-7-20-8/h1-4,7H,5-6H2,(H,14,17)(H,15,16)(H,18,19). The third kappa shape index (κ3) is 4.18. The largest absolute Gasteiger partial charge is 0.477 e. The summed E-state index contributed by atoms with van der Waals surface area (Å²) >= 11 is 0.973. The third-order valence-electron chi connectivity index (χ3n) is 2.46. The van der Waals surface area contributed by atoms with Gasteiger partial charge in [-0.15, -0.1) is 11.3 Å². The van der Waals surface area contributed by atoms with Crippen molar-refractivity contribution in [2.24, 2.45) is 0 Å². The van der Waals surface area contributed by atoms with Crippen LogP contribution in [0.25, 0.3) is 0 Å². The van der Waals surface area contributed by atoms with E-state index in [1.165, 1.54) is 24.5 Å². The first-order chi connectivity index (χ1) is 10.1. The van der Waals surface area contributed by atoms with Gasteiger partial charge in [0, 0.05) is 13.0 Å². The van der Waals surface area contributed by atoms with Crippen molar-refractivity contribution in [3.63, 3.8) is 0 Å². The molecule has 110 valence electrons. The lowest BCUT2D eigenvalue weighted by atomic mass is 10.3. The van der Waals surface area contributed by atoms with Crippen LogP contribution in [0.15, 0.2) is 34.9 Å². The van der Waals surface area contributed by atoms with Crippen LogP contribution in [0.2, 0.25) is 0 Å². The molecule has 2 aromatic heterocycles. The van der Waals surface area contributed by atoms with E-state index in [4.69, 9.17) is 9.52 Å². The molecule has 0 unspecified atom stereocenters. The predicted octanol–water partition coefficient (Wildman–Crippen LogP) is 1.80. The molecule has 0 saturated heterocycles. The van der Waals surface area contributed by atoms with E-state index in [0.29, 0.717) is 5.00 Å². The highest BCUT2D eigenvalue weighted by molar-refractivity contribution is 7.18. The molecule has 2 amide bonds. The fourth-order valence-corrected chi connectivity index (χ4v) is 2.27. The van der Waals surface area contributed by atoms with E-state index in [0.717, 1.165) is 11.3 Å². The second-order valence-electron chi connectivity index (χ2n) is 4.00. The number of carbonyl (C=O) groups is 3. The molecule has 0 aliphatic rings. The van der Waals surface area contributed by atoms with Crippen LogP contribution in [0, 0.1) is 0 Å². The topological polar surface area (TPSA) is 109 Å². The highest BCUT2D eigenvalue weighted by Gasteiger charge is 2.11. The predicted molar refractivity (Wildman–Crippen MR) is 75.6 cm³/mol. The Kier molecular flexibility index (Phi) is 4.72. The summed E-state index contributed by atoms with van der Waals surface area (Å²) < 4.78 is 4.91. The molecule has 0 bridgehead atoms. The molecule has 0 fully saturated rings. The summed E-state index contributed by atoms with van der Waals surface area (Å²) in [6.07, 6.45) is 1.46. The van der Waals surface area contributed by atoms with Gasteiger partial charge in [-0.25, -0.2) is 4.79 Å². The minimum atomic E-state index is -1.04. The SMILES string of the molecule is O=C(CCNC(=O)c1ccco1)Nc1ccc(C(=O)O)s1. The molecule has 2 aromatic rings. The monoisotopic (exact) mass is 308 g/mol. The Labute approximate surface area is 123 Å². The van der Waals surface area contributed by atoms with Crippen molar-refractivity contribution in [3.8, 4) is 0 Å². The Balaban J connectivity index is 1.74. The molecular weight excluding hydrogens is 296 g/mol. The first-order valence-electron chi connectivity index (χ1n) is 6.01. The Morgan fingerprint density at radius 1 is 1.24 bits per heavy atom. The van der Waals surface area contributed by atoms with Gasteiger partial charge in [0.1, 0.15) is 4.88 Å². The first-order valence-corrected chi connectivity index (χ1v) is 6.82. The Bertz CT molecular complexity index is 647. The van der Waals surface area contributed by atoms with Gasteiger partial charge < -0.3 is 20.2 Å². The quantitative estimate of drug-likeness (QED) is 0.754. The van der Waals surface area contributed by atoms with Crippen molar-refractivity contribution in [2.75, 3.05) is 11.9 Å². The van der Waals surface area contributed by atoms with Crippen LogP contribution < -0.4 is 10.6 Å². The van der Waals surface area contributed by atoms with Gasteiger partial charge in [0.2, 0.25) is 5.91 Å². The molecule has 21 heavy (non-hydrogen) atoms. The van der Waals surface area contributed by atoms with Crippen LogP contribution in [0.5, 0.6) is 0 Å². The molecule has 2 heterocycles. The lowest BCUT2D eigenvalue weighted by Crippen LogP contribution is -2.27. The Morgan fingerprint density at radius 3 is 2.67 bits per heavy atom. The maximum Gasteiger partial charge on any atom is 0.345 e. The van der Waals surface area contributed by atoms with E-state index in [1.54, 1.807) is 6.07 Å². The molecule has 0 aliphatic heterocycles. The lowest BCUT2D eigenvalue weighted by Gasteiger charge is -2.03. The van der Waals surface area contributed by atoms with Crippen molar-refractivity contribution in [2.45, 2.75) is 6.42 Å². The zero-order valence-electron chi connectivity index (χ0n) is 10.8. The van der Waals surface area contributed by atoms with E-state index in [-0.39, 0.29) is 29.5 Å². The molecule has 0 aliphatic carbocycles. The summed E-state index contributed by atoms with van der Waals surface area (Å²) in [7, 11) is 0. The molecule has 0 atom stereocenters. The van der Waals surface area contributed by atoms with E-state index in [1.807, 2.05) is 0 Å². The molecular formula is C13H12N2O5S. The summed E-state index contributed by atoms with van der Waals surface area (Å²) in [5.74, 6) is -1.56. The number of carboxylic acids is 1. The fraction of sp³-hybridized carbons (Fsp3) is 0.154. The summed E-state index contributed by atoms with van der Waals surface area (Å²) in [4.78, 5) is 34.0. The van der Waals surface area contributed by atoms with E-state index >= 15 is 0 Å². The van der Waals surface area contributed by atoms with E-state index < -0.39 is 11.9 Å². The number of rotatable bonds is 6. The molecule has 2 rings (SSSR count). The fourth-order valence-electron chi connectivity index (χ4n) is 1.50. The second-order valence-corrected chi connectivity index (χ2v) is 5.08. The number of amides is 2. The van der Waals surface area contributed by atoms with Crippen LogP contribution in [-0.2, 0) is 4.79 Å². The molecule has 0 spiro atoms. The minimum Gasteiger partial charge on any atom is -0.477 e. The van der Waals surface area contributed by atoms with Gasteiger partial charge in [-0.2, -0.15) is 0 Å². The molecule has 0 aromatic carbocycles. The Morgan fingerprint density at radius 2 is 2.05 bits per heavy atom. The van der Waals surface area contributed by atoms with Crippen LogP contribution in [0.1, 0.15) is 26.6 Å². The number of hydrogen-bond acceptors (Lipinski definition) is 5. The third-order valence-corrected chi connectivity index (χ3v) is 3.45. The van der Waals surface area contributed by atoms with Crippen molar-refractivity contribution in [3.05, 3.63) is 41.2 Å². The summed E-state index contributed by atoms with van der Waals surface area (Å²) in [5.41, 5.74) is 0. The minimum absolute atomic E-state index is 0.0761. The number of carboxylic acid groups (broad SMARTS) is 1.